The molecule has 4 heteroatoms. The van der Waals surface area contributed by atoms with Crippen LogP contribution in [0.1, 0.15) is 83.5 Å². The van der Waals surface area contributed by atoms with Gasteiger partial charge in [0.05, 0.1) is 6.61 Å². The molecule has 1 unspecified atom stereocenters. The Morgan fingerprint density at radius 3 is 2.13 bits per heavy atom. The van der Waals surface area contributed by atoms with Crippen LogP contribution in [-0.2, 0) is 0 Å². The van der Waals surface area contributed by atoms with E-state index in [1.54, 1.807) is 12.1 Å². The molecule has 3 fully saturated rings. The Morgan fingerprint density at radius 1 is 0.806 bits per heavy atom. The number of ether oxygens (including phenoxy) is 2. The van der Waals surface area contributed by atoms with Crippen LogP contribution in [0.25, 0.3) is 0 Å². The Morgan fingerprint density at radius 2 is 1.52 bits per heavy atom. The SMILES string of the molecule is Fc1nc(OCC2=CCC(C3CCC(CCC4CC4)CC3)CC2)ccc1OCC1CC1. The van der Waals surface area contributed by atoms with E-state index < -0.39 is 5.95 Å². The Balaban J connectivity index is 1.02. The lowest BCUT2D eigenvalue weighted by Gasteiger charge is -2.35. The molecule has 1 atom stereocenters. The lowest BCUT2D eigenvalue weighted by Crippen LogP contribution is -2.24. The van der Waals surface area contributed by atoms with Crippen molar-refractivity contribution < 1.29 is 13.9 Å². The minimum absolute atomic E-state index is 0.237. The molecule has 0 spiro atoms. The molecule has 0 bridgehead atoms. The number of hydrogen-bond acceptors (Lipinski definition) is 3. The highest BCUT2D eigenvalue weighted by Crippen LogP contribution is 2.42. The average Bonchev–Trinajstić information content (AvgIpc) is 3.72. The molecule has 0 N–H and O–H groups in total. The van der Waals surface area contributed by atoms with Gasteiger partial charge in [0.15, 0.2) is 5.75 Å². The van der Waals surface area contributed by atoms with Crippen LogP contribution in [0.2, 0.25) is 0 Å². The smallest absolute Gasteiger partial charge is 0.258 e. The maximum atomic E-state index is 14.1. The third-order valence-corrected chi connectivity index (χ3v) is 8.15. The van der Waals surface area contributed by atoms with Crippen molar-refractivity contribution in [3.8, 4) is 11.6 Å². The van der Waals surface area contributed by atoms with Gasteiger partial charge in [-0.15, -0.1) is 0 Å². The highest BCUT2D eigenvalue weighted by Gasteiger charge is 2.30. The highest BCUT2D eigenvalue weighted by atomic mass is 19.1. The van der Waals surface area contributed by atoms with Crippen molar-refractivity contribution in [2.24, 2.45) is 29.6 Å². The van der Waals surface area contributed by atoms with E-state index in [9.17, 15) is 4.39 Å². The Hall–Kier alpha value is -1.58. The molecular weight excluding hydrogens is 389 g/mol. The summed E-state index contributed by atoms with van der Waals surface area (Å²) in [5.74, 6) is 4.50. The van der Waals surface area contributed by atoms with Crippen molar-refractivity contribution in [3.63, 3.8) is 0 Å². The monoisotopic (exact) mass is 427 g/mol. The number of nitrogens with zero attached hydrogens (tertiary/aromatic N) is 1. The summed E-state index contributed by atoms with van der Waals surface area (Å²) in [5.41, 5.74) is 1.34. The molecule has 0 radical (unpaired) electrons. The molecule has 4 aliphatic rings. The first-order valence-corrected chi connectivity index (χ1v) is 12.8. The fourth-order valence-corrected chi connectivity index (χ4v) is 5.55. The standard InChI is InChI=1S/C27H38FNO2/c28-27-25(30-17-21-5-6-21)15-16-26(29-27)31-18-22-9-13-24(14-10-22)23-11-7-20(8-12-23)4-3-19-1-2-19/h9,15-16,19-21,23-24H,1-8,10-14,17-18H2. The van der Waals surface area contributed by atoms with Gasteiger partial charge in [0, 0.05) is 6.07 Å². The molecule has 0 aromatic carbocycles. The molecule has 0 saturated heterocycles. The van der Waals surface area contributed by atoms with E-state index in [2.05, 4.69) is 11.1 Å². The number of pyridine rings is 1. The topological polar surface area (TPSA) is 31.4 Å². The van der Waals surface area contributed by atoms with Gasteiger partial charge in [0.25, 0.3) is 5.95 Å². The van der Waals surface area contributed by atoms with Gasteiger partial charge >= 0.3 is 0 Å². The van der Waals surface area contributed by atoms with E-state index >= 15 is 0 Å². The summed E-state index contributed by atoms with van der Waals surface area (Å²) in [6.45, 7) is 1.12. The van der Waals surface area contributed by atoms with Gasteiger partial charge in [-0.05, 0) is 86.2 Å². The van der Waals surface area contributed by atoms with E-state index in [1.807, 2.05) is 0 Å². The second-order valence-electron chi connectivity index (χ2n) is 10.7. The Labute approximate surface area is 186 Å². The predicted octanol–water partition coefficient (Wildman–Crippen LogP) is 7.11. The molecule has 0 amide bonds. The summed E-state index contributed by atoms with van der Waals surface area (Å²) in [6, 6.07) is 3.37. The maximum Gasteiger partial charge on any atom is 0.258 e. The van der Waals surface area contributed by atoms with Crippen molar-refractivity contribution in [2.45, 2.75) is 83.5 Å². The van der Waals surface area contributed by atoms with Crippen LogP contribution in [0.15, 0.2) is 23.8 Å². The number of halogens is 1. The van der Waals surface area contributed by atoms with Crippen molar-refractivity contribution in [1.82, 2.24) is 4.98 Å². The lowest BCUT2D eigenvalue weighted by atomic mass is 9.70. The van der Waals surface area contributed by atoms with Gasteiger partial charge in [-0.1, -0.05) is 44.6 Å². The molecule has 4 aliphatic carbocycles. The average molecular weight is 428 g/mol. The third-order valence-electron chi connectivity index (χ3n) is 8.15. The Bertz CT molecular complexity index is 762. The van der Waals surface area contributed by atoms with Crippen LogP contribution in [0, 0.1) is 35.5 Å². The van der Waals surface area contributed by atoms with E-state index in [1.165, 1.54) is 82.6 Å². The minimum atomic E-state index is -0.566. The molecule has 170 valence electrons. The fraction of sp³-hybridized carbons (Fsp3) is 0.741. The zero-order valence-corrected chi connectivity index (χ0v) is 18.9. The molecule has 5 rings (SSSR count). The second-order valence-corrected chi connectivity index (χ2v) is 10.7. The van der Waals surface area contributed by atoms with Gasteiger partial charge in [-0.3, -0.25) is 0 Å². The number of hydrogen-bond donors (Lipinski definition) is 0. The van der Waals surface area contributed by atoms with Crippen molar-refractivity contribution in [3.05, 3.63) is 29.7 Å². The first-order chi connectivity index (χ1) is 15.2. The molecule has 1 aromatic rings. The maximum absolute atomic E-state index is 14.1. The van der Waals surface area contributed by atoms with Crippen LogP contribution in [0.5, 0.6) is 11.6 Å². The van der Waals surface area contributed by atoms with Crippen LogP contribution in [0.3, 0.4) is 0 Å². The van der Waals surface area contributed by atoms with Crippen LogP contribution < -0.4 is 9.47 Å². The first-order valence-electron chi connectivity index (χ1n) is 12.8. The molecular formula is C27H38FNO2. The van der Waals surface area contributed by atoms with E-state index in [0.717, 1.165) is 30.1 Å². The second kappa shape index (κ2) is 9.92. The number of allylic oxidation sites excluding steroid dienone is 1. The predicted molar refractivity (Wildman–Crippen MR) is 121 cm³/mol. The number of rotatable bonds is 10. The number of aromatic nitrogens is 1. The van der Waals surface area contributed by atoms with Crippen LogP contribution >= 0.6 is 0 Å². The first kappa shape index (κ1) is 21.3. The normalized spacial score (nSPS) is 28.8. The van der Waals surface area contributed by atoms with Gasteiger partial charge < -0.3 is 9.47 Å². The van der Waals surface area contributed by atoms with Crippen molar-refractivity contribution >= 4 is 0 Å². The molecule has 1 heterocycles. The molecule has 3 saturated carbocycles. The summed E-state index contributed by atoms with van der Waals surface area (Å²) in [6.07, 6.45) is 20.1. The molecule has 1 aromatic heterocycles. The summed E-state index contributed by atoms with van der Waals surface area (Å²) in [5, 5.41) is 0. The summed E-state index contributed by atoms with van der Waals surface area (Å²) >= 11 is 0. The van der Waals surface area contributed by atoms with Crippen LogP contribution in [-0.4, -0.2) is 18.2 Å². The van der Waals surface area contributed by atoms with Crippen LogP contribution in [0.4, 0.5) is 4.39 Å². The summed E-state index contributed by atoms with van der Waals surface area (Å²) < 4.78 is 25.4. The summed E-state index contributed by atoms with van der Waals surface area (Å²) in [7, 11) is 0. The third kappa shape index (κ3) is 6.23. The molecule has 3 nitrogen and oxygen atoms in total. The summed E-state index contributed by atoms with van der Waals surface area (Å²) in [4.78, 5) is 3.94. The van der Waals surface area contributed by atoms with Gasteiger partial charge in [-0.25, -0.2) is 0 Å². The van der Waals surface area contributed by atoms with Crippen molar-refractivity contribution in [1.29, 1.82) is 0 Å². The Kier molecular flexibility index (Phi) is 6.81. The quantitative estimate of drug-likeness (QED) is 0.294. The largest absolute Gasteiger partial charge is 0.488 e. The highest BCUT2D eigenvalue weighted by molar-refractivity contribution is 5.25. The molecule has 0 aliphatic heterocycles. The van der Waals surface area contributed by atoms with E-state index in [4.69, 9.17) is 9.47 Å². The van der Waals surface area contributed by atoms with E-state index in [-0.39, 0.29) is 5.75 Å². The van der Waals surface area contributed by atoms with Gasteiger partial charge in [0.1, 0.15) is 6.61 Å². The minimum Gasteiger partial charge on any atom is -0.488 e. The van der Waals surface area contributed by atoms with Crippen molar-refractivity contribution in [2.75, 3.05) is 13.2 Å². The van der Waals surface area contributed by atoms with Gasteiger partial charge in [0.2, 0.25) is 5.88 Å². The fourth-order valence-electron chi connectivity index (χ4n) is 5.55. The molecule has 31 heavy (non-hydrogen) atoms. The van der Waals surface area contributed by atoms with E-state index in [0.29, 0.717) is 25.0 Å². The van der Waals surface area contributed by atoms with Gasteiger partial charge in [-0.2, -0.15) is 9.37 Å². The zero-order chi connectivity index (χ0) is 21.0. The zero-order valence-electron chi connectivity index (χ0n) is 18.9. The lowest BCUT2D eigenvalue weighted by molar-refractivity contribution is 0.182.